The normalized spacial score (nSPS) is 17.8. The molecule has 0 aliphatic carbocycles. The number of nitrogens with zero attached hydrogens (tertiary/aromatic N) is 1. The molecule has 1 heterocycles. The summed E-state index contributed by atoms with van der Waals surface area (Å²) in [6.07, 6.45) is 3.83. The highest BCUT2D eigenvalue weighted by atomic mass is 16.5. The molecule has 0 bridgehead atoms. The first-order valence-electron chi connectivity index (χ1n) is 7.38. The highest BCUT2D eigenvalue weighted by Gasteiger charge is 2.24. The van der Waals surface area contributed by atoms with Gasteiger partial charge in [-0.05, 0) is 50.6 Å². The number of hydrogen-bond acceptors (Lipinski definition) is 4. The van der Waals surface area contributed by atoms with Gasteiger partial charge in [-0.3, -0.25) is 4.90 Å². The molecule has 1 aromatic carbocycles. The SMILES string of the molecule is COc1cc(C(CN)N2CCCCC2)c(OC)cc1C. The molecule has 1 unspecified atom stereocenters. The summed E-state index contributed by atoms with van der Waals surface area (Å²) in [7, 11) is 3.42. The number of likely N-dealkylation sites (tertiary alicyclic amines) is 1. The van der Waals surface area contributed by atoms with E-state index in [1.54, 1.807) is 14.2 Å². The third-order valence-corrected chi connectivity index (χ3v) is 4.16. The lowest BCUT2D eigenvalue weighted by molar-refractivity contribution is 0.164. The van der Waals surface area contributed by atoms with E-state index < -0.39 is 0 Å². The summed E-state index contributed by atoms with van der Waals surface area (Å²) < 4.78 is 11.0. The second-order valence-electron chi connectivity index (χ2n) is 5.41. The predicted molar refractivity (Wildman–Crippen MR) is 81.5 cm³/mol. The lowest BCUT2D eigenvalue weighted by Crippen LogP contribution is -2.37. The van der Waals surface area contributed by atoms with Crippen LogP contribution in [0.4, 0.5) is 0 Å². The fraction of sp³-hybridized carbons (Fsp3) is 0.625. The second-order valence-corrected chi connectivity index (χ2v) is 5.41. The lowest BCUT2D eigenvalue weighted by atomic mass is 9.99. The molecule has 4 heteroatoms. The van der Waals surface area contributed by atoms with E-state index in [-0.39, 0.29) is 6.04 Å². The fourth-order valence-corrected chi connectivity index (χ4v) is 3.04. The minimum atomic E-state index is 0.208. The molecule has 1 saturated heterocycles. The summed E-state index contributed by atoms with van der Waals surface area (Å²) in [4.78, 5) is 2.47. The number of aryl methyl sites for hydroxylation is 1. The van der Waals surface area contributed by atoms with E-state index >= 15 is 0 Å². The average Bonchev–Trinajstić information content (AvgIpc) is 2.50. The third kappa shape index (κ3) is 3.07. The standard InChI is InChI=1S/C16H26N2O2/c1-12-9-16(20-3)13(10-15(12)19-2)14(11-17)18-7-5-4-6-8-18/h9-10,14H,4-8,11,17H2,1-3H3. The van der Waals surface area contributed by atoms with E-state index in [1.165, 1.54) is 19.3 Å². The molecule has 2 N–H and O–H groups in total. The first kappa shape index (κ1) is 15.1. The van der Waals surface area contributed by atoms with E-state index in [1.807, 2.05) is 13.0 Å². The number of nitrogens with two attached hydrogens (primary N) is 1. The molecule has 1 aliphatic rings. The number of benzene rings is 1. The Labute approximate surface area is 121 Å². The van der Waals surface area contributed by atoms with Gasteiger partial charge < -0.3 is 15.2 Å². The molecule has 1 atom stereocenters. The zero-order valence-corrected chi connectivity index (χ0v) is 12.8. The molecule has 0 spiro atoms. The molecule has 2 rings (SSSR count). The molecule has 1 fully saturated rings. The van der Waals surface area contributed by atoms with Crippen LogP contribution in [0, 0.1) is 6.92 Å². The molecule has 4 nitrogen and oxygen atoms in total. The Hall–Kier alpha value is -1.26. The second kappa shape index (κ2) is 6.95. The molecular weight excluding hydrogens is 252 g/mol. The molecule has 20 heavy (non-hydrogen) atoms. The van der Waals surface area contributed by atoms with Gasteiger partial charge in [-0.1, -0.05) is 6.42 Å². The van der Waals surface area contributed by atoms with Gasteiger partial charge in [0, 0.05) is 12.1 Å². The zero-order chi connectivity index (χ0) is 14.5. The predicted octanol–water partition coefficient (Wildman–Crippen LogP) is 2.50. The van der Waals surface area contributed by atoms with Gasteiger partial charge in [0.25, 0.3) is 0 Å². The number of methoxy groups -OCH3 is 2. The molecule has 1 aliphatic heterocycles. The molecule has 0 aromatic heterocycles. The van der Waals surface area contributed by atoms with E-state index in [4.69, 9.17) is 15.2 Å². The maximum absolute atomic E-state index is 6.05. The number of hydrogen-bond donors (Lipinski definition) is 1. The minimum Gasteiger partial charge on any atom is -0.496 e. The summed E-state index contributed by atoms with van der Waals surface area (Å²) in [5, 5.41) is 0. The van der Waals surface area contributed by atoms with Crippen molar-refractivity contribution in [2.24, 2.45) is 5.73 Å². The smallest absolute Gasteiger partial charge is 0.124 e. The molecular formula is C16H26N2O2. The molecule has 112 valence electrons. The van der Waals surface area contributed by atoms with Crippen LogP contribution >= 0.6 is 0 Å². The number of piperidine rings is 1. The number of ether oxygens (including phenoxy) is 2. The van der Waals surface area contributed by atoms with Crippen molar-refractivity contribution in [2.45, 2.75) is 32.2 Å². The van der Waals surface area contributed by atoms with Gasteiger partial charge in [-0.25, -0.2) is 0 Å². The molecule has 0 radical (unpaired) electrons. The van der Waals surface area contributed by atoms with E-state index in [2.05, 4.69) is 11.0 Å². The Kier molecular flexibility index (Phi) is 5.26. The lowest BCUT2D eigenvalue weighted by Gasteiger charge is -2.35. The van der Waals surface area contributed by atoms with E-state index in [0.29, 0.717) is 6.54 Å². The summed E-state index contributed by atoms with van der Waals surface area (Å²) in [5.74, 6) is 1.81. The van der Waals surface area contributed by atoms with Crippen molar-refractivity contribution >= 4 is 0 Å². The van der Waals surface area contributed by atoms with Crippen LogP contribution in [-0.4, -0.2) is 38.8 Å². The minimum absolute atomic E-state index is 0.208. The maximum atomic E-state index is 6.05. The molecule has 0 amide bonds. The van der Waals surface area contributed by atoms with Crippen LogP contribution < -0.4 is 15.2 Å². The Morgan fingerprint density at radius 3 is 2.30 bits per heavy atom. The van der Waals surface area contributed by atoms with Gasteiger partial charge in [0.15, 0.2) is 0 Å². The summed E-state index contributed by atoms with van der Waals surface area (Å²) in [5.41, 5.74) is 8.27. The first-order valence-corrected chi connectivity index (χ1v) is 7.38. The Morgan fingerprint density at radius 2 is 1.75 bits per heavy atom. The molecule has 0 saturated carbocycles. The van der Waals surface area contributed by atoms with Crippen molar-refractivity contribution in [1.29, 1.82) is 0 Å². The van der Waals surface area contributed by atoms with Crippen molar-refractivity contribution in [3.05, 3.63) is 23.3 Å². The first-order chi connectivity index (χ1) is 9.71. The monoisotopic (exact) mass is 278 g/mol. The van der Waals surface area contributed by atoms with Crippen molar-refractivity contribution in [3.63, 3.8) is 0 Å². The number of rotatable bonds is 5. The van der Waals surface area contributed by atoms with Crippen molar-refractivity contribution in [3.8, 4) is 11.5 Å². The van der Waals surface area contributed by atoms with Crippen LogP contribution in [0.15, 0.2) is 12.1 Å². The van der Waals surface area contributed by atoms with Crippen molar-refractivity contribution < 1.29 is 9.47 Å². The van der Waals surface area contributed by atoms with Crippen molar-refractivity contribution in [2.75, 3.05) is 33.9 Å². The quantitative estimate of drug-likeness (QED) is 0.899. The van der Waals surface area contributed by atoms with Gasteiger partial charge in [0.05, 0.1) is 20.3 Å². The third-order valence-electron chi connectivity index (χ3n) is 4.16. The van der Waals surface area contributed by atoms with Gasteiger partial charge in [0.2, 0.25) is 0 Å². The van der Waals surface area contributed by atoms with Crippen LogP contribution in [0.25, 0.3) is 0 Å². The topological polar surface area (TPSA) is 47.7 Å². The summed E-state index contributed by atoms with van der Waals surface area (Å²) in [6.45, 7) is 4.86. The van der Waals surface area contributed by atoms with Crippen LogP contribution in [0.2, 0.25) is 0 Å². The van der Waals surface area contributed by atoms with Gasteiger partial charge in [-0.2, -0.15) is 0 Å². The van der Waals surface area contributed by atoms with Crippen LogP contribution in [-0.2, 0) is 0 Å². The van der Waals surface area contributed by atoms with Crippen LogP contribution in [0.1, 0.15) is 36.4 Å². The highest BCUT2D eigenvalue weighted by molar-refractivity contribution is 5.47. The average molecular weight is 278 g/mol. The van der Waals surface area contributed by atoms with E-state index in [0.717, 1.165) is 35.7 Å². The summed E-state index contributed by atoms with van der Waals surface area (Å²) >= 11 is 0. The van der Waals surface area contributed by atoms with Crippen LogP contribution in [0.5, 0.6) is 11.5 Å². The van der Waals surface area contributed by atoms with Gasteiger partial charge in [0.1, 0.15) is 11.5 Å². The largest absolute Gasteiger partial charge is 0.496 e. The van der Waals surface area contributed by atoms with E-state index in [9.17, 15) is 0 Å². The Balaban J connectivity index is 2.36. The molecule has 1 aromatic rings. The Morgan fingerprint density at radius 1 is 1.10 bits per heavy atom. The van der Waals surface area contributed by atoms with Gasteiger partial charge in [-0.15, -0.1) is 0 Å². The van der Waals surface area contributed by atoms with Crippen LogP contribution in [0.3, 0.4) is 0 Å². The zero-order valence-electron chi connectivity index (χ0n) is 12.8. The highest BCUT2D eigenvalue weighted by Crippen LogP contribution is 2.35. The maximum Gasteiger partial charge on any atom is 0.124 e. The van der Waals surface area contributed by atoms with Crippen molar-refractivity contribution in [1.82, 2.24) is 4.90 Å². The Bertz CT molecular complexity index is 442. The fourth-order valence-electron chi connectivity index (χ4n) is 3.04. The van der Waals surface area contributed by atoms with Gasteiger partial charge >= 0.3 is 0 Å². The summed E-state index contributed by atoms with van der Waals surface area (Å²) in [6, 6.07) is 4.33.